The van der Waals surface area contributed by atoms with Crippen LogP contribution in [-0.2, 0) is 6.42 Å². The van der Waals surface area contributed by atoms with Crippen molar-refractivity contribution >= 4 is 23.5 Å². The number of amides is 1. The van der Waals surface area contributed by atoms with Crippen molar-refractivity contribution in [2.75, 3.05) is 0 Å². The highest BCUT2D eigenvalue weighted by Crippen LogP contribution is 2.32. The van der Waals surface area contributed by atoms with E-state index in [1.54, 1.807) is 18.2 Å². The minimum Gasteiger partial charge on any atom is -0.478 e. The third-order valence-electron chi connectivity index (χ3n) is 3.97. The third kappa shape index (κ3) is 2.92. The molecule has 1 unspecified atom stereocenters. The normalized spacial score (nSPS) is 16.0. The fourth-order valence-electron chi connectivity index (χ4n) is 2.80. The number of carboxylic acids is 1. The molecule has 2 aromatic rings. The molecule has 0 aromatic heterocycles. The summed E-state index contributed by atoms with van der Waals surface area (Å²) in [5.74, 6) is -2.15. The van der Waals surface area contributed by atoms with Crippen LogP contribution in [0.5, 0.6) is 0 Å². The molecule has 1 aliphatic rings. The van der Waals surface area contributed by atoms with Gasteiger partial charge in [-0.25, -0.2) is 9.18 Å². The molecule has 4 nitrogen and oxygen atoms in total. The second kappa shape index (κ2) is 6.01. The summed E-state index contributed by atoms with van der Waals surface area (Å²) in [5.41, 5.74) is 2.03. The maximum Gasteiger partial charge on any atom is 0.335 e. The van der Waals surface area contributed by atoms with E-state index in [1.165, 1.54) is 18.2 Å². The summed E-state index contributed by atoms with van der Waals surface area (Å²) in [5, 5.41) is 11.7. The molecule has 6 heteroatoms. The van der Waals surface area contributed by atoms with Crippen LogP contribution in [0.25, 0.3) is 0 Å². The zero-order chi connectivity index (χ0) is 16.6. The van der Waals surface area contributed by atoms with Gasteiger partial charge in [-0.1, -0.05) is 23.7 Å². The van der Waals surface area contributed by atoms with Gasteiger partial charge < -0.3 is 10.4 Å². The maximum absolute atomic E-state index is 13.5. The molecule has 0 heterocycles. The minimum absolute atomic E-state index is 0.0644. The van der Waals surface area contributed by atoms with Crippen LogP contribution < -0.4 is 5.32 Å². The Hall–Kier alpha value is -2.40. The zero-order valence-corrected chi connectivity index (χ0v) is 12.7. The van der Waals surface area contributed by atoms with Crippen molar-refractivity contribution in [3.8, 4) is 0 Å². The van der Waals surface area contributed by atoms with Crippen molar-refractivity contribution in [2.45, 2.75) is 18.9 Å². The van der Waals surface area contributed by atoms with Gasteiger partial charge in [0, 0.05) is 0 Å². The van der Waals surface area contributed by atoms with E-state index in [0.29, 0.717) is 6.42 Å². The van der Waals surface area contributed by atoms with E-state index in [0.717, 1.165) is 17.5 Å². The Morgan fingerprint density at radius 3 is 2.78 bits per heavy atom. The average molecular weight is 334 g/mol. The molecule has 0 saturated carbocycles. The van der Waals surface area contributed by atoms with Crippen LogP contribution in [0.2, 0.25) is 5.02 Å². The summed E-state index contributed by atoms with van der Waals surface area (Å²) in [4.78, 5) is 23.4. The molecular weight excluding hydrogens is 321 g/mol. The summed E-state index contributed by atoms with van der Waals surface area (Å²) in [7, 11) is 0. The lowest BCUT2D eigenvalue weighted by molar-refractivity contribution is 0.0696. The first-order chi connectivity index (χ1) is 11.0. The number of nitrogens with one attached hydrogen (secondary N) is 1. The van der Waals surface area contributed by atoms with Crippen molar-refractivity contribution in [3.63, 3.8) is 0 Å². The minimum atomic E-state index is -1.02. The molecule has 0 bridgehead atoms. The van der Waals surface area contributed by atoms with Gasteiger partial charge in [0.1, 0.15) is 5.82 Å². The van der Waals surface area contributed by atoms with E-state index >= 15 is 0 Å². The molecule has 2 N–H and O–H groups in total. The van der Waals surface area contributed by atoms with Crippen LogP contribution in [0.1, 0.15) is 44.3 Å². The predicted octanol–water partition coefficient (Wildman–Crippen LogP) is 3.59. The van der Waals surface area contributed by atoms with Crippen LogP contribution in [0.15, 0.2) is 36.4 Å². The van der Waals surface area contributed by atoms with Crippen LogP contribution >= 0.6 is 11.6 Å². The van der Waals surface area contributed by atoms with Crippen LogP contribution in [0.3, 0.4) is 0 Å². The quantitative estimate of drug-likeness (QED) is 0.902. The van der Waals surface area contributed by atoms with E-state index in [2.05, 4.69) is 5.32 Å². The van der Waals surface area contributed by atoms with E-state index < -0.39 is 17.7 Å². The van der Waals surface area contributed by atoms with Gasteiger partial charge >= 0.3 is 5.97 Å². The Morgan fingerprint density at radius 2 is 2.04 bits per heavy atom. The van der Waals surface area contributed by atoms with Crippen molar-refractivity contribution in [1.82, 2.24) is 5.32 Å². The second-order valence-corrected chi connectivity index (χ2v) is 5.76. The fraction of sp³-hybridized carbons (Fsp3) is 0.176. The van der Waals surface area contributed by atoms with Crippen molar-refractivity contribution < 1.29 is 19.1 Å². The fourth-order valence-corrected chi connectivity index (χ4v) is 3.01. The van der Waals surface area contributed by atoms with Gasteiger partial charge in [0.05, 0.1) is 22.2 Å². The second-order valence-electron chi connectivity index (χ2n) is 5.38. The molecule has 1 amide bonds. The van der Waals surface area contributed by atoms with Crippen molar-refractivity contribution in [2.24, 2.45) is 0 Å². The molecule has 118 valence electrons. The number of fused-ring (bicyclic) bond motifs is 1. The third-order valence-corrected chi connectivity index (χ3v) is 4.36. The Balaban J connectivity index is 1.86. The van der Waals surface area contributed by atoms with Gasteiger partial charge in [0.15, 0.2) is 0 Å². The van der Waals surface area contributed by atoms with E-state index in [4.69, 9.17) is 16.7 Å². The molecular formula is C17H13ClFNO3. The summed E-state index contributed by atoms with van der Waals surface area (Å²) in [6.45, 7) is 0. The number of benzene rings is 2. The van der Waals surface area contributed by atoms with Gasteiger partial charge in [-0.2, -0.15) is 0 Å². The van der Waals surface area contributed by atoms with E-state index in [9.17, 15) is 14.0 Å². The first-order valence-electron chi connectivity index (χ1n) is 7.08. The van der Waals surface area contributed by atoms with Gasteiger partial charge in [-0.15, -0.1) is 0 Å². The molecule has 2 aromatic carbocycles. The molecule has 0 radical (unpaired) electrons. The number of aromatic carboxylic acids is 1. The van der Waals surface area contributed by atoms with Crippen LogP contribution in [0.4, 0.5) is 4.39 Å². The highest BCUT2D eigenvalue weighted by atomic mass is 35.5. The highest BCUT2D eigenvalue weighted by Gasteiger charge is 2.26. The Kier molecular flexibility index (Phi) is 4.05. The molecule has 0 aliphatic heterocycles. The van der Waals surface area contributed by atoms with Gasteiger partial charge in [-0.3, -0.25) is 4.79 Å². The summed E-state index contributed by atoms with van der Waals surface area (Å²) in [6, 6.07) is 8.63. The van der Waals surface area contributed by atoms with E-state index in [-0.39, 0.29) is 22.2 Å². The molecule has 0 saturated heterocycles. The Morgan fingerprint density at radius 1 is 1.26 bits per heavy atom. The zero-order valence-electron chi connectivity index (χ0n) is 12.0. The van der Waals surface area contributed by atoms with Crippen molar-refractivity contribution in [3.05, 3.63) is 69.5 Å². The molecule has 1 atom stereocenters. The van der Waals surface area contributed by atoms with Crippen LogP contribution in [0, 0.1) is 5.82 Å². The Bertz CT molecular complexity index is 806. The lowest BCUT2D eigenvalue weighted by Crippen LogP contribution is -2.27. The summed E-state index contributed by atoms with van der Waals surface area (Å²) < 4.78 is 13.5. The molecule has 0 fully saturated rings. The predicted molar refractivity (Wildman–Crippen MR) is 83.3 cm³/mol. The van der Waals surface area contributed by atoms with E-state index in [1.807, 2.05) is 0 Å². The maximum atomic E-state index is 13.5. The lowest BCUT2D eigenvalue weighted by Gasteiger charge is -2.15. The average Bonchev–Trinajstić information content (AvgIpc) is 2.92. The number of hydrogen-bond donors (Lipinski definition) is 2. The summed E-state index contributed by atoms with van der Waals surface area (Å²) >= 11 is 5.83. The number of hydrogen-bond acceptors (Lipinski definition) is 2. The smallest absolute Gasteiger partial charge is 0.335 e. The largest absolute Gasteiger partial charge is 0.478 e. The topological polar surface area (TPSA) is 66.4 Å². The molecule has 1 aliphatic carbocycles. The van der Waals surface area contributed by atoms with Gasteiger partial charge in [0.2, 0.25) is 0 Å². The Labute approximate surface area is 136 Å². The number of rotatable bonds is 3. The monoisotopic (exact) mass is 333 g/mol. The number of halogens is 2. The van der Waals surface area contributed by atoms with Gasteiger partial charge in [0.25, 0.3) is 5.91 Å². The first-order valence-corrected chi connectivity index (χ1v) is 7.46. The number of carbonyl (C=O) groups is 2. The number of carbonyl (C=O) groups excluding carboxylic acids is 1. The van der Waals surface area contributed by atoms with Gasteiger partial charge in [-0.05, 0) is 48.2 Å². The number of carboxylic acid groups (broad SMARTS) is 1. The van der Waals surface area contributed by atoms with Crippen LogP contribution in [-0.4, -0.2) is 17.0 Å². The lowest BCUT2D eigenvalue weighted by atomic mass is 10.0. The van der Waals surface area contributed by atoms with Crippen molar-refractivity contribution in [1.29, 1.82) is 0 Å². The molecule has 23 heavy (non-hydrogen) atoms. The molecule has 0 spiro atoms. The summed E-state index contributed by atoms with van der Waals surface area (Å²) in [6.07, 6.45) is 1.41. The first kappa shape index (κ1) is 15.5. The standard InChI is InChI=1S/C17H13ClFNO3/c18-15-11(2-1-3-13(15)19)16(21)20-14-7-6-9-4-5-10(17(22)23)8-12(9)14/h1-5,8,14H,6-7H2,(H,20,21)(H,22,23). The number of aryl methyl sites for hydroxylation is 1. The SMILES string of the molecule is O=C(O)c1ccc2c(c1)C(NC(=O)c1cccc(F)c1Cl)CC2. The highest BCUT2D eigenvalue weighted by molar-refractivity contribution is 6.34. The molecule has 3 rings (SSSR count).